The number of aromatic hydroxyl groups is 1. The topological polar surface area (TPSA) is 144 Å². The fourth-order valence-electron chi connectivity index (χ4n) is 9.80. The number of hydrogen-bond donors (Lipinski definition) is 2. The smallest absolute Gasteiger partial charge is 0.260 e. The summed E-state index contributed by atoms with van der Waals surface area (Å²) in [6, 6.07) is 30.5. The number of phenolic OH excluding ortho intramolecular Hbond substituents is 1. The average molecular weight is 890 g/mol. The third-order valence-electron chi connectivity index (χ3n) is 12.6. The number of rotatable bonds is 9. The minimum atomic E-state index is -1.67. The van der Waals surface area contributed by atoms with Crippen molar-refractivity contribution in [2.75, 3.05) is 36.4 Å². The third kappa shape index (κ3) is 6.68. The molecule has 2 aliphatic heterocycles. The predicted octanol–water partition coefficient (Wildman–Crippen LogP) is 10.0. The zero-order valence-corrected chi connectivity index (χ0v) is 35.9. The van der Waals surface area contributed by atoms with Crippen LogP contribution >= 0.6 is 34.8 Å². The summed E-state index contributed by atoms with van der Waals surface area (Å²) in [7, 11) is 5.44. The lowest BCUT2D eigenvalue weighted by atomic mass is 9.49. The molecule has 0 spiro atoms. The maximum Gasteiger partial charge on any atom is 0.260 e. The maximum atomic E-state index is 15.5. The van der Waals surface area contributed by atoms with Gasteiger partial charge in [0, 0.05) is 41.3 Å². The summed E-state index contributed by atoms with van der Waals surface area (Å²) in [5, 5.41) is 22.2. The van der Waals surface area contributed by atoms with Crippen molar-refractivity contribution in [3.8, 4) is 11.5 Å². The Hall–Kier alpha value is -6.21. The van der Waals surface area contributed by atoms with Crippen molar-refractivity contribution in [1.82, 2.24) is 5.01 Å². The molecule has 0 aromatic heterocycles. The van der Waals surface area contributed by atoms with Crippen molar-refractivity contribution in [2.45, 2.75) is 24.2 Å². The second-order valence-corrected chi connectivity index (χ2v) is 17.3. The van der Waals surface area contributed by atoms with E-state index in [1.807, 2.05) is 49.3 Å². The van der Waals surface area contributed by atoms with Gasteiger partial charge >= 0.3 is 0 Å². The van der Waals surface area contributed by atoms with E-state index in [1.54, 1.807) is 66.7 Å². The number of benzene rings is 5. The van der Waals surface area contributed by atoms with Crippen LogP contribution in [-0.4, -0.2) is 54.9 Å². The van der Waals surface area contributed by atoms with E-state index in [4.69, 9.17) is 39.5 Å². The van der Waals surface area contributed by atoms with Gasteiger partial charge in [0.05, 0.1) is 58.1 Å². The molecule has 1 saturated carbocycles. The number of nitrogens with one attached hydrogen (secondary N) is 1. The van der Waals surface area contributed by atoms with Crippen LogP contribution in [0.25, 0.3) is 0 Å². The van der Waals surface area contributed by atoms with Crippen LogP contribution in [0.5, 0.6) is 11.5 Å². The van der Waals surface area contributed by atoms with Gasteiger partial charge in [0.1, 0.15) is 11.5 Å². The molecule has 12 nitrogen and oxygen atoms in total. The molecule has 5 aromatic carbocycles. The number of carbonyl (C=O) groups is 4. The van der Waals surface area contributed by atoms with E-state index in [1.165, 1.54) is 30.2 Å². The van der Waals surface area contributed by atoms with E-state index < -0.39 is 52.7 Å². The van der Waals surface area contributed by atoms with Gasteiger partial charge in [-0.05, 0) is 121 Å². The Morgan fingerprint density at radius 3 is 2.06 bits per heavy atom. The van der Waals surface area contributed by atoms with Crippen LogP contribution in [0, 0.1) is 23.7 Å². The molecule has 15 heteroatoms. The standard InChI is InChI=1S/C47H39Cl3N6O6/c1-54(2)30-12-8-28(9-13-30)51-52-29-10-14-31(15-11-29)55-43(58)34-19-18-33-35(41(34)45(55)60)24-37-44(59)56(53-39-20-6-27(49)23-38(39)50)46(61)47(37,25-4-16-32(62-3)17-5-25)42(33)36-22-26(48)7-21-40(36)57/h4-18,20-23,34-35,37,41-42,53,57H,19,24H2,1-3H3. The van der Waals surface area contributed by atoms with Gasteiger partial charge in [-0.1, -0.05) is 58.6 Å². The zero-order chi connectivity index (χ0) is 43.6. The summed E-state index contributed by atoms with van der Waals surface area (Å²) < 4.78 is 5.48. The quantitative estimate of drug-likeness (QED) is 0.0846. The molecule has 0 radical (unpaired) electrons. The highest BCUT2D eigenvalue weighted by atomic mass is 35.5. The van der Waals surface area contributed by atoms with Crippen LogP contribution in [0.1, 0.15) is 29.9 Å². The molecule has 2 heterocycles. The summed E-state index contributed by atoms with van der Waals surface area (Å²) >= 11 is 19.4. The number of phenols is 1. The van der Waals surface area contributed by atoms with Crippen molar-refractivity contribution < 1.29 is 29.0 Å². The van der Waals surface area contributed by atoms with Gasteiger partial charge in [-0.3, -0.25) is 29.5 Å². The van der Waals surface area contributed by atoms with Crippen molar-refractivity contribution in [3.05, 3.63) is 147 Å². The number of imide groups is 2. The largest absolute Gasteiger partial charge is 0.508 e. The van der Waals surface area contributed by atoms with Crippen LogP contribution in [0.3, 0.4) is 0 Å². The highest BCUT2D eigenvalue weighted by molar-refractivity contribution is 6.36. The van der Waals surface area contributed by atoms with Gasteiger partial charge in [-0.2, -0.15) is 15.2 Å². The number of anilines is 3. The number of carbonyl (C=O) groups excluding carboxylic acids is 4. The van der Waals surface area contributed by atoms with Crippen molar-refractivity contribution in [3.63, 3.8) is 0 Å². The molecule has 2 N–H and O–H groups in total. The molecule has 6 atom stereocenters. The third-order valence-corrected chi connectivity index (χ3v) is 13.4. The first-order valence-corrected chi connectivity index (χ1v) is 21.0. The summed E-state index contributed by atoms with van der Waals surface area (Å²) in [5.41, 5.74) is 5.60. The molecule has 2 saturated heterocycles. The van der Waals surface area contributed by atoms with E-state index >= 15 is 9.59 Å². The molecule has 0 bridgehead atoms. The number of nitrogens with zero attached hydrogens (tertiary/aromatic N) is 5. The minimum absolute atomic E-state index is 0.0374. The molecular weight excluding hydrogens is 851 g/mol. The van der Waals surface area contributed by atoms with Crippen molar-refractivity contribution in [2.24, 2.45) is 33.9 Å². The number of fused-ring (bicyclic) bond motifs is 4. The average Bonchev–Trinajstić information content (AvgIpc) is 3.65. The molecule has 6 unspecified atom stereocenters. The first-order valence-electron chi connectivity index (χ1n) is 19.9. The molecule has 314 valence electrons. The highest BCUT2D eigenvalue weighted by Crippen LogP contribution is 2.65. The van der Waals surface area contributed by atoms with Gasteiger partial charge in [0.2, 0.25) is 11.8 Å². The van der Waals surface area contributed by atoms with E-state index in [2.05, 4.69) is 15.7 Å². The normalized spacial score (nSPS) is 24.2. The SMILES string of the molecule is COc1ccc(C23C(=O)N(Nc4ccc(Cl)cc4Cl)C(=O)C2CC2C(=CCC4C(=O)N(c5ccc(N=Nc6ccc(N(C)C)cc6)cc5)C(=O)C42)C3c2cc(Cl)ccc2O)cc1. The van der Waals surface area contributed by atoms with Gasteiger partial charge in [-0.25, -0.2) is 0 Å². The zero-order valence-electron chi connectivity index (χ0n) is 33.6. The number of azo groups is 1. The number of hydrogen-bond acceptors (Lipinski definition) is 10. The number of methoxy groups -OCH3 is 1. The van der Waals surface area contributed by atoms with Crippen LogP contribution < -0.4 is 20.0 Å². The molecule has 4 aliphatic rings. The Balaban J connectivity index is 1.12. The Morgan fingerprint density at radius 2 is 1.42 bits per heavy atom. The number of ether oxygens (including phenoxy) is 1. The molecule has 62 heavy (non-hydrogen) atoms. The lowest BCUT2D eigenvalue weighted by molar-refractivity contribution is -0.138. The molecule has 9 rings (SSSR count). The van der Waals surface area contributed by atoms with Crippen molar-refractivity contribution >= 4 is 86.9 Å². The number of allylic oxidation sites excluding steroid dienone is 2. The summed E-state index contributed by atoms with van der Waals surface area (Å²) in [6.45, 7) is 0. The Labute approximate surface area is 372 Å². The highest BCUT2D eigenvalue weighted by Gasteiger charge is 2.70. The van der Waals surface area contributed by atoms with Crippen LogP contribution in [0.4, 0.5) is 28.4 Å². The number of halogens is 3. The van der Waals surface area contributed by atoms with E-state index in [0.29, 0.717) is 49.6 Å². The predicted molar refractivity (Wildman–Crippen MR) is 238 cm³/mol. The maximum absolute atomic E-state index is 15.5. The number of amides is 4. The molecule has 3 fully saturated rings. The van der Waals surface area contributed by atoms with Crippen LogP contribution in [-0.2, 0) is 24.6 Å². The van der Waals surface area contributed by atoms with Crippen molar-refractivity contribution in [1.29, 1.82) is 0 Å². The van der Waals surface area contributed by atoms with Crippen LogP contribution in [0.15, 0.2) is 131 Å². The van der Waals surface area contributed by atoms with Crippen LogP contribution in [0.2, 0.25) is 15.1 Å². The Morgan fingerprint density at radius 1 is 0.774 bits per heavy atom. The summed E-state index contributed by atoms with van der Waals surface area (Å²) in [6.07, 6.45) is 2.13. The van der Waals surface area contributed by atoms with Gasteiger partial charge in [0.25, 0.3) is 11.8 Å². The summed E-state index contributed by atoms with van der Waals surface area (Å²) in [5.74, 6) is -5.99. The van der Waals surface area contributed by atoms with E-state index in [9.17, 15) is 14.7 Å². The first kappa shape index (κ1) is 41.2. The van der Waals surface area contributed by atoms with Gasteiger partial charge in [0.15, 0.2) is 0 Å². The summed E-state index contributed by atoms with van der Waals surface area (Å²) in [4.78, 5) is 62.9. The fourth-order valence-corrected chi connectivity index (χ4v) is 10.4. The Bertz CT molecular complexity index is 2710. The second kappa shape index (κ2) is 15.9. The monoisotopic (exact) mass is 888 g/mol. The van der Waals surface area contributed by atoms with Gasteiger partial charge in [-0.15, -0.1) is 0 Å². The lowest BCUT2D eigenvalue weighted by Crippen LogP contribution is -2.53. The van der Waals surface area contributed by atoms with E-state index in [0.717, 1.165) is 10.7 Å². The molecule has 4 amide bonds. The van der Waals surface area contributed by atoms with E-state index in [-0.39, 0.29) is 35.2 Å². The molecular formula is C47H39Cl3N6O6. The second-order valence-electron chi connectivity index (χ2n) is 16.1. The lowest BCUT2D eigenvalue weighted by Gasteiger charge is -2.50. The Kier molecular flexibility index (Phi) is 10.6. The number of hydrazine groups is 1. The fraction of sp³-hybridized carbons (Fsp3) is 0.234. The minimum Gasteiger partial charge on any atom is -0.508 e. The molecule has 2 aliphatic carbocycles. The molecule has 5 aromatic rings. The first-order chi connectivity index (χ1) is 29.8. The van der Waals surface area contributed by atoms with Gasteiger partial charge < -0.3 is 14.7 Å².